The molecule has 0 spiro atoms. The van der Waals surface area contributed by atoms with E-state index in [1.807, 2.05) is 26.8 Å². The first kappa shape index (κ1) is 15.0. The second-order valence-corrected chi connectivity index (χ2v) is 5.70. The maximum atomic E-state index is 12.0. The van der Waals surface area contributed by atoms with Gasteiger partial charge in [-0.2, -0.15) is 5.10 Å². The molecule has 18 heavy (non-hydrogen) atoms. The maximum Gasteiger partial charge on any atom is 0.238 e. The molecular formula is C12H21N3O2S. The number of methoxy groups -OCH3 is 1. The fraction of sp³-hybridized carbons (Fsp3) is 0.667. The first-order chi connectivity index (χ1) is 8.56. The zero-order valence-electron chi connectivity index (χ0n) is 11.3. The number of nitrogens with one attached hydrogen (secondary N) is 1. The van der Waals surface area contributed by atoms with Crippen molar-refractivity contribution in [2.75, 3.05) is 24.8 Å². The summed E-state index contributed by atoms with van der Waals surface area (Å²) in [6, 6.07) is 2.04. The minimum Gasteiger partial charge on any atom is -0.384 e. The third-order valence-electron chi connectivity index (χ3n) is 2.44. The van der Waals surface area contributed by atoms with Crippen molar-refractivity contribution >= 4 is 23.5 Å². The minimum atomic E-state index is -0.101. The van der Waals surface area contributed by atoms with Crippen molar-refractivity contribution in [1.82, 2.24) is 9.78 Å². The number of aromatic nitrogens is 2. The van der Waals surface area contributed by atoms with Crippen molar-refractivity contribution < 1.29 is 9.53 Å². The SMILES string of the molecule is COCCS[C@H](C)C(=O)Nc1ccnn1C(C)C. The van der Waals surface area contributed by atoms with E-state index in [2.05, 4.69) is 10.4 Å². The van der Waals surface area contributed by atoms with E-state index < -0.39 is 0 Å². The van der Waals surface area contributed by atoms with E-state index >= 15 is 0 Å². The number of thioether (sulfide) groups is 1. The van der Waals surface area contributed by atoms with Crippen LogP contribution in [0.1, 0.15) is 26.8 Å². The summed E-state index contributed by atoms with van der Waals surface area (Å²) in [4.78, 5) is 12.0. The van der Waals surface area contributed by atoms with Crippen molar-refractivity contribution in [3.63, 3.8) is 0 Å². The average Bonchev–Trinajstić information content (AvgIpc) is 2.77. The molecule has 1 aromatic rings. The van der Waals surface area contributed by atoms with E-state index in [9.17, 15) is 4.79 Å². The van der Waals surface area contributed by atoms with E-state index in [-0.39, 0.29) is 17.2 Å². The van der Waals surface area contributed by atoms with Crippen LogP contribution in [0.15, 0.2) is 12.3 Å². The van der Waals surface area contributed by atoms with Gasteiger partial charge in [0.1, 0.15) is 5.82 Å². The van der Waals surface area contributed by atoms with Crippen LogP contribution in [0.3, 0.4) is 0 Å². The van der Waals surface area contributed by atoms with Gasteiger partial charge in [0.25, 0.3) is 0 Å². The zero-order chi connectivity index (χ0) is 13.5. The maximum absolute atomic E-state index is 12.0. The highest BCUT2D eigenvalue weighted by Crippen LogP contribution is 2.16. The van der Waals surface area contributed by atoms with Gasteiger partial charge in [-0.3, -0.25) is 4.79 Å². The van der Waals surface area contributed by atoms with Gasteiger partial charge in [0.05, 0.1) is 18.1 Å². The fourth-order valence-electron chi connectivity index (χ4n) is 1.44. The van der Waals surface area contributed by atoms with Crippen molar-refractivity contribution in [3.05, 3.63) is 12.3 Å². The number of amides is 1. The average molecular weight is 271 g/mol. The molecule has 0 bridgehead atoms. The van der Waals surface area contributed by atoms with Crippen LogP contribution in [0.4, 0.5) is 5.82 Å². The largest absolute Gasteiger partial charge is 0.384 e. The smallest absolute Gasteiger partial charge is 0.238 e. The highest BCUT2D eigenvalue weighted by Gasteiger charge is 2.15. The Morgan fingerprint density at radius 3 is 2.89 bits per heavy atom. The van der Waals surface area contributed by atoms with Crippen LogP contribution in [0.5, 0.6) is 0 Å². The van der Waals surface area contributed by atoms with Gasteiger partial charge < -0.3 is 10.1 Å². The second kappa shape index (κ2) is 7.43. The molecule has 1 N–H and O–H groups in total. The van der Waals surface area contributed by atoms with Crippen molar-refractivity contribution in [2.24, 2.45) is 0 Å². The Hall–Kier alpha value is -1.01. The molecule has 1 amide bonds. The highest BCUT2D eigenvalue weighted by atomic mass is 32.2. The van der Waals surface area contributed by atoms with Crippen molar-refractivity contribution in [2.45, 2.75) is 32.1 Å². The quantitative estimate of drug-likeness (QED) is 0.772. The van der Waals surface area contributed by atoms with Crippen molar-refractivity contribution in [1.29, 1.82) is 0 Å². The monoisotopic (exact) mass is 271 g/mol. The molecule has 0 saturated heterocycles. The van der Waals surface area contributed by atoms with Crippen LogP contribution >= 0.6 is 11.8 Å². The summed E-state index contributed by atoms with van der Waals surface area (Å²) in [6.45, 7) is 6.61. The van der Waals surface area contributed by atoms with Crippen LogP contribution in [-0.4, -0.2) is 40.4 Å². The Morgan fingerprint density at radius 2 is 2.28 bits per heavy atom. The molecule has 0 aromatic carbocycles. The van der Waals surface area contributed by atoms with Crippen molar-refractivity contribution in [3.8, 4) is 0 Å². The summed E-state index contributed by atoms with van der Waals surface area (Å²) < 4.78 is 6.76. The predicted molar refractivity (Wildman–Crippen MR) is 75.0 cm³/mol. The van der Waals surface area contributed by atoms with E-state index in [1.165, 1.54) is 0 Å². The molecule has 102 valence electrons. The third-order valence-corrected chi connectivity index (χ3v) is 3.55. The molecule has 0 aliphatic rings. The lowest BCUT2D eigenvalue weighted by Crippen LogP contribution is -2.25. The lowest BCUT2D eigenvalue weighted by atomic mass is 10.4. The normalized spacial score (nSPS) is 12.7. The molecule has 0 aliphatic heterocycles. The zero-order valence-corrected chi connectivity index (χ0v) is 12.2. The Morgan fingerprint density at radius 1 is 1.56 bits per heavy atom. The summed E-state index contributed by atoms with van der Waals surface area (Å²) >= 11 is 1.58. The molecule has 5 nitrogen and oxygen atoms in total. The van der Waals surface area contributed by atoms with Crippen LogP contribution < -0.4 is 5.32 Å². The molecule has 0 aliphatic carbocycles. The Bertz CT molecular complexity index is 379. The first-order valence-electron chi connectivity index (χ1n) is 6.01. The Labute approximate surface area is 112 Å². The lowest BCUT2D eigenvalue weighted by Gasteiger charge is -2.14. The summed E-state index contributed by atoms with van der Waals surface area (Å²) in [6.07, 6.45) is 1.69. The highest BCUT2D eigenvalue weighted by molar-refractivity contribution is 8.00. The predicted octanol–water partition coefficient (Wildman–Crippen LogP) is 2.17. The van der Waals surface area contributed by atoms with Gasteiger partial charge in [-0.25, -0.2) is 4.68 Å². The van der Waals surface area contributed by atoms with Crippen LogP contribution in [0.25, 0.3) is 0 Å². The number of carbonyl (C=O) groups excluding carboxylic acids is 1. The first-order valence-corrected chi connectivity index (χ1v) is 7.06. The number of nitrogens with zero attached hydrogens (tertiary/aromatic N) is 2. The summed E-state index contributed by atoms with van der Waals surface area (Å²) in [5, 5.41) is 6.98. The third kappa shape index (κ3) is 4.34. The fourth-order valence-corrected chi connectivity index (χ4v) is 2.26. The lowest BCUT2D eigenvalue weighted by molar-refractivity contribution is -0.115. The van der Waals surface area contributed by atoms with Gasteiger partial charge in [0.2, 0.25) is 5.91 Å². The Balaban J connectivity index is 2.50. The van der Waals surface area contributed by atoms with Gasteiger partial charge in [-0.05, 0) is 20.8 Å². The molecular weight excluding hydrogens is 250 g/mol. The second-order valence-electron chi connectivity index (χ2n) is 4.25. The van der Waals surface area contributed by atoms with E-state index in [4.69, 9.17) is 4.74 Å². The summed E-state index contributed by atoms with van der Waals surface area (Å²) in [7, 11) is 1.66. The summed E-state index contributed by atoms with van der Waals surface area (Å²) in [5.74, 6) is 1.56. The number of carbonyl (C=O) groups is 1. The Kier molecular flexibility index (Phi) is 6.21. The van der Waals surface area contributed by atoms with E-state index in [0.717, 1.165) is 11.6 Å². The van der Waals surface area contributed by atoms with Gasteiger partial charge in [0, 0.05) is 25.0 Å². The number of hydrogen-bond donors (Lipinski definition) is 1. The van der Waals surface area contributed by atoms with E-state index in [0.29, 0.717) is 6.61 Å². The van der Waals surface area contributed by atoms with Gasteiger partial charge in [-0.15, -0.1) is 11.8 Å². The van der Waals surface area contributed by atoms with E-state index in [1.54, 1.807) is 29.8 Å². The number of ether oxygens (including phenoxy) is 1. The van der Waals surface area contributed by atoms with Crippen LogP contribution in [0, 0.1) is 0 Å². The standard InChI is InChI=1S/C12H21N3O2S/c1-9(2)15-11(5-6-13-15)14-12(16)10(3)18-8-7-17-4/h5-6,9-10H,7-8H2,1-4H3,(H,14,16)/t10-/m1/s1. The minimum absolute atomic E-state index is 0.00139. The molecule has 0 unspecified atom stereocenters. The molecule has 6 heteroatoms. The molecule has 1 atom stereocenters. The number of anilines is 1. The van der Waals surface area contributed by atoms with Crippen LogP contribution in [0.2, 0.25) is 0 Å². The number of hydrogen-bond acceptors (Lipinski definition) is 4. The molecule has 0 radical (unpaired) electrons. The van der Waals surface area contributed by atoms with Gasteiger partial charge in [0.15, 0.2) is 0 Å². The molecule has 0 saturated carbocycles. The topological polar surface area (TPSA) is 56.1 Å². The molecule has 0 fully saturated rings. The molecule has 1 rings (SSSR count). The van der Waals surface area contributed by atoms with Crippen LogP contribution in [-0.2, 0) is 9.53 Å². The molecule has 1 heterocycles. The van der Waals surface area contributed by atoms with Gasteiger partial charge >= 0.3 is 0 Å². The molecule has 1 aromatic heterocycles. The van der Waals surface area contributed by atoms with Gasteiger partial charge in [-0.1, -0.05) is 0 Å². The number of rotatable bonds is 7. The summed E-state index contributed by atoms with van der Waals surface area (Å²) in [5.41, 5.74) is 0.